The second kappa shape index (κ2) is 5.13. The third-order valence-electron chi connectivity index (χ3n) is 3.63. The lowest BCUT2D eigenvalue weighted by Crippen LogP contribution is -2.37. The van der Waals surface area contributed by atoms with Crippen molar-refractivity contribution in [1.29, 1.82) is 0 Å². The number of nitrogens with one attached hydrogen (secondary N) is 1. The summed E-state index contributed by atoms with van der Waals surface area (Å²) in [6.45, 7) is 4.68. The van der Waals surface area contributed by atoms with E-state index in [0.717, 1.165) is 19.4 Å². The fourth-order valence-corrected chi connectivity index (χ4v) is 2.42. The van der Waals surface area contributed by atoms with Gasteiger partial charge in [0.05, 0.1) is 0 Å². The molecule has 17 heavy (non-hydrogen) atoms. The summed E-state index contributed by atoms with van der Waals surface area (Å²) in [5.74, 6) is -0.438. The lowest BCUT2D eigenvalue weighted by atomic mass is 9.89. The van der Waals surface area contributed by atoms with E-state index in [9.17, 15) is 8.78 Å². The van der Waals surface area contributed by atoms with Crippen LogP contribution in [0.4, 0.5) is 8.78 Å². The summed E-state index contributed by atoms with van der Waals surface area (Å²) in [6, 6.07) is 3.39. The minimum atomic E-state index is -0.410. The van der Waals surface area contributed by atoms with Gasteiger partial charge in [-0.05, 0) is 57.2 Å². The van der Waals surface area contributed by atoms with Gasteiger partial charge in [0, 0.05) is 11.6 Å². The molecular weight excluding hydrogens is 220 g/mol. The Labute approximate surface area is 101 Å². The molecule has 1 aliphatic heterocycles. The number of piperidine rings is 1. The molecule has 3 heteroatoms. The summed E-state index contributed by atoms with van der Waals surface area (Å²) >= 11 is 0. The molecule has 0 radical (unpaired) electrons. The van der Waals surface area contributed by atoms with E-state index in [1.165, 1.54) is 12.1 Å². The highest BCUT2D eigenvalue weighted by Crippen LogP contribution is 2.24. The zero-order chi connectivity index (χ0) is 12.4. The second-order valence-corrected chi connectivity index (χ2v) is 5.11. The first-order valence-electron chi connectivity index (χ1n) is 6.24. The van der Waals surface area contributed by atoms with Crippen molar-refractivity contribution in [2.45, 2.75) is 39.2 Å². The number of rotatable bonds is 2. The molecule has 2 unspecified atom stereocenters. The van der Waals surface area contributed by atoms with Gasteiger partial charge in [-0.15, -0.1) is 0 Å². The average molecular weight is 239 g/mol. The number of halogens is 2. The molecule has 0 amide bonds. The van der Waals surface area contributed by atoms with Crippen LogP contribution in [-0.2, 0) is 6.42 Å². The first kappa shape index (κ1) is 12.5. The van der Waals surface area contributed by atoms with Crippen LogP contribution in [0, 0.1) is 24.5 Å². The number of hydrogen-bond acceptors (Lipinski definition) is 1. The van der Waals surface area contributed by atoms with E-state index in [4.69, 9.17) is 0 Å². The monoisotopic (exact) mass is 239 g/mol. The quantitative estimate of drug-likeness (QED) is 0.835. The summed E-state index contributed by atoms with van der Waals surface area (Å²) in [7, 11) is 0. The van der Waals surface area contributed by atoms with Crippen molar-refractivity contribution in [3.8, 4) is 0 Å². The fourth-order valence-electron chi connectivity index (χ4n) is 2.42. The molecule has 94 valence electrons. The highest BCUT2D eigenvalue weighted by molar-refractivity contribution is 5.27. The third kappa shape index (κ3) is 2.83. The van der Waals surface area contributed by atoms with Crippen LogP contribution in [0.15, 0.2) is 12.1 Å². The van der Waals surface area contributed by atoms with Gasteiger partial charge in [0.1, 0.15) is 11.6 Å². The van der Waals surface area contributed by atoms with Crippen molar-refractivity contribution in [2.75, 3.05) is 6.54 Å². The fraction of sp³-hybridized carbons (Fsp3) is 0.571. The molecule has 0 spiro atoms. The Morgan fingerprint density at radius 3 is 2.71 bits per heavy atom. The maximum atomic E-state index is 13.8. The van der Waals surface area contributed by atoms with Crippen molar-refractivity contribution < 1.29 is 8.78 Å². The van der Waals surface area contributed by atoms with Crippen molar-refractivity contribution >= 4 is 0 Å². The highest BCUT2D eigenvalue weighted by Gasteiger charge is 2.21. The lowest BCUT2D eigenvalue weighted by Gasteiger charge is -2.28. The molecule has 0 aromatic heterocycles. The van der Waals surface area contributed by atoms with Crippen molar-refractivity contribution in [3.63, 3.8) is 0 Å². The normalized spacial score (nSPS) is 24.9. The van der Waals surface area contributed by atoms with Gasteiger partial charge >= 0.3 is 0 Å². The molecule has 2 rings (SSSR count). The lowest BCUT2D eigenvalue weighted by molar-refractivity contribution is 0.317. The molecule has 1 N–H and O–H groups in total. The zero-order valence-electron chi connectivity index (χ0n) is 10.4. The Morgan fingerprint density at radius 2 is 2.06 bits per heavy atom. The molecule has 1 aromatic carbocycles. The predicted octanol–water partition coefficient (Wildman–Crippen LogP) is 3.20. The van der Waals surface area contributed by atoms with Crippen molar-refractivity contribution in [3.05, 3.63) is 34.9 Å². The van der Waals surface area contributed by atoms with Crippen LogP contribution < -0.4 is 5.32 Å². The van der Waals surface area contributed by atoms with Gasteiger partial charge in [-0.1, -0.05) is 6.07 Å². The van der Waals surface area contributed by atoms with Gasteiger partial charge in [0.15, 0.2) is 0 Å². The zero-order valence-corrected chi connectivity index (χ0v) is 10.4. The van der Waals surface area contributed by atoms with E-state index < -0.39 is 5.82 Å². The summed E-state index contributed by atoms with van der Waals surface area (Å²) in [5.41, 5.74) is 0.782. The molecule has 0 aliphatic carbocycles. The van der Waals surface area contributed by atoms with Crippen LogP contribution in [-0.4, -0.2) is 12.6 Å². The highest BCUT2D eigenvalue weighted by atomic mass is 19.1. The molecule has 1 aliphatic rings. The third-order valence-corrected chi connectivity index (χ3v) is 3.63. The Kier molecular flexibility index (Phi) is 3.77. The molecule has 0 saturated carbocycles. The molecule has 2 atom stereocenters. The maximum absolute atomic E-state index is 13.8. The van der Waals surface area contributed by atoms with Crippen LogP contribution in [0.3, 0.4) is 0 Å². The summed E-state index contributed by atoms with van der Waals surface area (Å²) in [5, 5.41) is 3.36. The van der Waals surface area contributed by atoms with Crippen LogP contribution in [0.1, 0.15) is 30.9 Å². The summed E-state index contributed by atoms with van der Waals surface area (Å²) in [4.78, 5) is 0. The first-order chi connectivity index (χ1) is 8.08. The Hall–Kier alpha value is -0.960. The second-order valence-electron chi connectivity index (χ2n) is 5.11. The Balaban J connectivity index is 2.11. The first-order valence-corrected chi connectivity index (χ1v) is 6.24. The Bertz CT molecular complexity index is 395. The van der Waals surface area contributed by atoms with Crippen molar-refractivity contribution in [1.82, 2.24) is 5.32 Å². The topological polar surface area (TPSA) is 12.0 Å². The van der Waals surface area contributed by atoms with Gasteiger partial charge in [0.2, 0.25) is 0 Å². The van der Waals surface area contributed by atoms with E-state index in [1.807, 2.05) is 0 Å². The molecule has 1 saturated heterocycles. The van der Waals surface area contributed by atoms with Crippen LogP contribution >= 0.6 is 0 Å². The largest absolute Gasteiger partial charge is 0.314 e. The molecule has 1 heterocycles. The predicted molar refractivity (Wildman–Crippen MR) is 65.0 cm³/mol. The molecule has 1 nitrogen and oxygen atoms in total. The number of benzene rings is 1. The maximum Gasteiger partial charge on any atom is 0.132 e. The van der Waals surface area contributed by atoms with E-state index in [-0.39, 0.29) is 11.4 Å². The van der Waals surface area contributed by atoms with Gasteiger partial charge in [-0.2, -0.15) is 0 Å². The minimum absolute atomic E-state index is 0.256. The van der Waals surface area contributed by atoms with Gasteiger partial charge in [-0.3, -0.25) is 0 Å². The molecule has 0 bridgehead atoms. The van der Waals surface area contributed by atoms with E-state index in [0.29, 0.717) is 23.9 Å². The van der Waals surface area contributed by atoms with Crippen LogP contribution in [0.25, 0.3) is 0 Å². The standard InChI is InChI=1S/C14H19F2N/c1-9-3-6-13(15)12(14(9)16)7-11-5-4-10(2)17-8-11/h3,6,10-11,17H,4-5,7-8H2,1-2H3. The number of hydrogen-bond donors (Lipinski definition) is 1. The van der Waals surface area contributed by atoms with Gasteiger partial charge in [0.25, 0.3) is 0 Å². The molecular formula is C14H19F2N. The SMILES string of the molecule is Cc1ccc(F)c(CC2CCC(C)NC2)c1F. The van der Waals surface area contributed by atoms with E-state index in [1.54, 1.807) is 6.92 Å². The molecule has 1 fully saturated rings. The van der Waals surface area contributed by atoms with Gasteiger partial charge < -0.3 is 5.32 Å². The van der Waals surface area contributed by atoms with Gasteiger partial charge in [-0.25, -0.2) is 8.78 Å². The molecule has 1 aromatic rings. The van der Waals surface area contributed by atoms with Crippen molar-refractivity contribution in [2.24, 2.45) is 5.92 Å². The smallest absolute Gasteiger partial charge is 0.132 e. The minimum Gasteiger partial charge on any atom is -0.314 e. The van der Waals surface area contributed by atoms with Crippen LogP contribution in [0.2, 0.25) is 0 Å². The van der Waals surface area contributed by atoms with E-state index in [2.05, 4.69) is 12.2 Å². The number of aryl methyl sites for hydroxylation is 1. The van der Waals surface area contributed by atoms with Crippen LogP contribution in [0.5, 0.6) is 0 Å². The average Bonchev–Trinajstić information content (AvgIpc) is 2.32. The summed E-state index contributed by atoms with van der Waals surface area (Å²) in [6.07, 6.45) is 2.62. The summed E-state index contributed by atoms with van der Waals surface area (Å²) < 4.78 is 27.4. The Morgan fingerprint density at radius 1 is 1.29 bits per heavy atom. The van der Waals surface area contributed by atoms with E-state index >= 15 is 0 Å².